The highest BCUT2D eigenvalue weighted by Crippen LogP contribution is 2.28. The first-order valence-corrected chi connectivity index (χ1v) is 8.18. The van der Waals surface area contributed by atoms with Crippen LogP contribution in [-0.2, 0) is 11.3 Å². The quantitative estimate of drug-likeness (QED) is 0.883. The lowest BCUT2D eigenvalue weighted by molar-refractivity contribution is -0.0359. The van der Waals surface area contributed by atoms with Crippen LogP contribution in [0.15, 0.2) is 24.3 Å². The molecule has 0 amide bonds. The number of hydrogen-bond acceptors (Lipinski definition) is 4. The molecule has 0 radical (unpaired) electrons. The molecular weight excluding hydrogens is 309 g/mol. The number of ether oxygens (including phenoxy) is 2. The molecule has 24 heavy (non-hydrogen) atoms. The number of H-pyrrole nitrogens is 1. The number of nitrogens with zero attached hydrogens (tertiary/aromatic N) is 2. The molecule has 1 aliphatic heterocycles. The summed E-state index contributed by atoms with van der Waals surface area (Å²) in [4.78, 5) is 2.36. The van der Waals surface area contributed by atoms with E-state index < -0.39 is 0 Å². The number of likely N-dealkylation sites (tertiary alicyclic amines) is 1. The predicted octanol–water partition coefficient (Wildman–Crippen LogP) is 2.84. The van der Waals surface area contributed by atoms with Crippen LogP contribution in [0.2, 0.25) is 0 Å². The molecule has 1 aromatic heterocycles. The van der Waals surface area contributed by atoms with Crippen molar-refractivity contribution in [1.29, 1.82) is 0 Å². The molecule has 3 rings (SSSR count). The molecule has 0 bridgehead atoms. The number of hydrogen-bond donors (Lipinski definition) is 1. The van der Waals surface area contributed by atoms with E-state index >= 15 is 0 Å². The number of benzene rings is 1. The Morgan fingerprint density at radius 3 is 2.67 bits per heavy atom. The zero-order valence-corrected chi connectivity index (χ0v) is 14.4. The fourth-order valence-corrected chi connectivity index (χ4v) is 3.18. The summed E-state index contributed by atoms with van der Waals surface area (Å²) < 4.78 is 24.6. The Balaban J connectivity index is 1.61. The van der Waals surface area contributed by atoms with Crippen LogP contribution in [0.5, 0.6) is 5.75 Å². The number of nitrogens with one attached hydrogen (secondary N) is 1. The van der Waals surface area contributed by atoms with Crippen molar-refractivity contribution >= 4 is 0 Å². The third-order valence-corrected chi connectivity index (χ3v) is 4.81. The van der Waals surface area contributed by atoms with E-state index in [4.69, 9.17) is 9.47 Å². The van der Waals surface area contributed by atoms with E-state index in [-0.39, 0.29) is 11.4 Å². The molecule has 0 saturated carbocycles. The Morgan fingerprint density at radius 2 is 2.04 bits per heavy atom. The molecule has 5 nitrogen and oxygen atoms in total. The van der Waals surface area contributed by atoms with E-state index in [1.165, 1.54) is 17.7 Å². The first-order chi connectivity index (χ1) is 11.5. The predicted molar refractivity (Wildman–Crippen MR) is 89.6 cm³/mol. The lowest BCUT2D eigenvalue weighted by atomic mass is 10.0. The van der Waals surface area contributed by atoms with Crippen molar-refractivity contribution in [2.45, 2.75) is 32.4 Å². The van der Waals surface area contributed by atoms with Gasteiger partial charge in [0.05, 0.1) is 5.69 Å². The van der Waals surface area contributed by atoms with Gasteiger partial charge in [0.2, 0.25) is 0 Å². The molecule has 1 N–H and O–H groups in total. The number of rotatable bonds is 6. The van der Waals surface area contributed by atoms with Crippen molar-refractivity contribution in [3.63, 3.8) is 0 Å². The van der Waals surface area contributed by atoms with E-state index in [0.29, 0.717) is 12.4 Å². The summed E-state index contributed by atoms with van der Waals surface area (Å²) in [7, 11) is 1.73. The maximum atomic E-state index is 13.0. The maximum Gasteiger partial charge on any atom is 0.123 e. The second-order valence-corrected chi connectivity index (χ2v) is 6.50. The Bertz CT molecular complexity index is 667. The minimum absolute atomic E-state index is 0.262. The van der Waals surface area contributed by atoms with Gasteiger partial charge in [0.15, 0.2) is 0 Å². The summed E-state index contributed by atoms with van der Waals surface area (Å²) in [6, 6.07) is 6.09. The lowest BCUT2D eigenvalue weighted by Gasteiger charge is -2.28. The normalized spacial score (nSPS) is 21.3. The number of aryl methyl sites for hydroxylation is 2. The molecule has 2 aromatic rings. The summed E-state index contributed by atoms with van der Waals surface area (Å²) in [6.45, 7) is 7.13. The summed E-state index contributed by atoms with van der Waals surface area (Å²) in [5, 5.41) is 7.29. The lowest BCUT2D eigenvalue weighted by Crippen LogP contribution is -2.41. The van der Waals surface area contributed by atoms with Crippen molar-refractivity contribution in [3.05, 3.63) is 47.0 Å². The van der Waals surface area contributed by atoms with Crippen LogP contribution in [0, 0.1) is 19.7 Å². The average Bonchev–Trinajstić information content (AvgIpc) is 3.14. The van der Waals surface area contributed by atoms with Gasteiger partial charge in [-0.25, -0.2) is 4.39 Å². The van der Waals surface area contributed by atoms with E-state index in [9.17, 15) is 4.39 Å². The van der Waals surface area contributed by atoms with E-state index in [2.05, 4.69) is 15.1 Å². The number of methoxy groups -OCH3 is 1. The Labute approximate surface area is 141 Å². The third-order valence-electron chi connectivity index (χ3n) is 4.81. The Morgan fingerprint density at radius 1 is 1.29 bits per heavy atom. The molecule has 1 fully saturated rings. The summed E-state index contributed by atoms with van der Waals surface area (Å²) in [6.07, 6.45) is 0.903. The molecule has 1 atom stereocenters. The van der Waals surface area contributed by atoms with Crippen molar-refractivity contribution in [1.82, 2.24) is 15.1 Å². The topological polar surface area (TPSA) is 50.4 Å². The summed E-state index contributed by atoms with van der Waals surface area (Å²) in [5.41, 5.74) is 3.08. The monoisotopic (exact) mass is 333 g/mol. The standard InChI is InChI=1S/C18H24FN3O2/c1-13-17(14(2)21-20-13)10-22-9-8-18(11-22,23-3)12-24-16-6-4-15(19)5-7-16/h4-7H,8-12H2,1-3H3,(H,20,21)/t18-/m0/s1. The summed E-state index contributed by atoms with van der Waals surface area (Å²) >= 11 is 0. The summed E-state index contributed by atoms with van der Waals surface area (Å²) in [5.74, 6) is 0.398. The molecule has 0 unspecified atom stereocenters. The van der Waals surface area contributed by atoms with Gasteiger partial charge in [-0.1, -0.05) is 0 Å². The van der Waals surface area contributed by atoms with Crippen molar-refractivity contribution in [2.75, 3.05) is 26.8 Å². The molecule has 6 heteroatoms. The molecule has 1 aliphatic rings. The number of halogens is 1. The smallest absolute Gasteiger partial charge is 0.123 e. The second kappa shape index (κ2) is 6.91. The van der Waals surface area contributed by atoms with Gasteiger partial charge in [-0.15, -0.1) is 0 Å². The van der Waals surface area contributed by atoms with Gasteiger partial charge in [-0.3, -0.25) is 10.00 Å². The van der Waals surface area contributed by atoms with Gasteiger partial charge in [0.1, 0.15) is 23.8 Å². The zero-order valence-electron chi connectivity index (χ0n) is 14.4. The molecule has 1 saturated heterocycles. The SMILES string of the molecule is CO[C@@]1(COc2ccc(F)cc2)CCN(Cc2c(C)n[nH]c2C)C1. The van der Waals surface area contributed by atoms with Gasteiger partial charge in [0.25, 0.3) is 0 Å². The zero-order chi connectivity index (χ0) is 17.2. The molecule has 2 heterocycles. The fraction of sp³-hybridized carbons (Fsp3) is 0.500. The van der Waals surface area contributed by atoms with Crippen LogP contribution in [-0.4, -0.2) is 47.5 Å². The minimum atomic E-state index is -0.333. The highest BCUT2D eigenvalue weighted by atomic mass is 19.1. The van der Waals surface area contributed by atoms with Crippen molar-refractivity contribution in [3.8, 4) is 5.75 Å². The Kier molecular flexibility index (Phi) is 4.87. The molecular formula is C18H24FN3O2. The number of aromatic nitrogens is 2. The Hall–Kier alpha value is -1.92. The molecule has 0 aliphatic carbocycles. The van der Waals surface area contributed by atoms with Crippen molar-refractivity contribution < 1.29 is 13.9 Å². The van der Waals surface area contributed by atoms with Crippen LogP contribution in [0.3, 0.4) is 0 Å². The van der Waals surface area contributed by atoms with E-state index in [0.717, 1.165) is 37.4 Å². The van der Waals surface area contributed by atoms with Gasteiger partial charge in [0, 0.05) is 38.0 Å². The number of aromatic amines is 1. The van der Waals surface area contributed by atoms with Crippen molar-refractivity contribution in [2.24, 2.45) is 0 Å². The van der Waals surface area contributed by atoms with Crippen LogP contribution in [0.4, 0.5) is 4.39 Å². The van der Waals surface area contributed by atoms with Crippen LogP contribution >= 0.6 is 0 Å². The minimum Gasteiger partial charge on any atom is -0.491 e. The van der Waals surface area contributed by atoms with Crippen LogP contribution in [0.25, 0.3) is 0 Å². The van der Waals surface area contributed by atoms with E-state index in [1.807, 2.05) is 13.8 Å². The highest BCUT2D eigenvalue weighted by Gasteiger charge is 2.39. The van der Waals surface area contributed by atoms with Gasteiger partial charge in [-0.05, 0) is 44.5 Å². The van der Waals surface area contributed by atoms with E-state index in [1.54, 1.807) is 19.2 Å². The van der Waals surface area contributed by atoms with Gasteiger partial charge >= 0.3 is 0 Å². The van der Waals surface area contributed by atoms with Gasteiger partial charge < -0.3 is 9.47 Å². The fourth-order valence-electron chi connectivity index (χ4n) is 3.18. The average molecular weight is 333 g/mol. The maximum absolute atomic E-state index is 13.0. The largest absolute Gasteiger partial charge is 0.491 e. The first-order valence-electron chi connectivity index (χ1n) is 8.18. The first kappa shape index (κ1) is 16.9. The van der Waals surface area contributed by atoms with Crippen LogP contribution in [0.1, 0.15) is 23.4 Å². The highest BCUT2D eigenvalue weighted by molar-refractivity contribution is 5.24. The van der Waals surface area contributed by atoms with Crippen LogP contribution < -0.4 is 4.74 Å². The molecule has 1 aromatic carbocycles. The molecule has 0 spiro atoms. The second-order valence-electron chi connectivity index (χ2n) is 6.50. The third kappa shape index (κ3) is 3.60. The van der Waals surface area contributed by atoms with Gasteiger partial charge in [-0.2, -0.15) is 5.10 Å². The molecule has 130 valence electrons.